The van der Waals surface area contributed by atoms with Gasteiger partial charge in [0, 0.05) is 5.56 Å². The summed E-state index contributed by atoms with van der Waals surface area (Å²) in [4.78, 5) is 0.449. The lowest BCUT2D eigenvalue weighted by atomic mass is 9.98. The van der Waals surface area contributed by atoms with Crippen LogP contribution in [0.25, 0.3) is 11.1 Å². The van der Waals surface area contributed by atoms with Gasteiger partial charge < -0.3 is 4.74 Å². The van der Waals surface area contributed by atoms with Crippen LogP contribution in [0.2, 0.25) is 0 Å². The zero-order valence-corrected chi connectivity index (χ0v) is 12.1. The minimum atomic E-state index is -4.52. The van der Waals surface area contributed by atoms with Gasteiger partial charge in [-0.1, -0.05) is 18.2 Å². The quantitative estimate of drug-likeness (QED) is 0.565. The van der Waals surface area contributed by atoms with Crippen molar-refractivity contribution in [1.82, 2.24) is 0 Å². The molecule has 0 bridgehead atoms. The van der Waals surface area contributed by atoms with Crippen molar-refractivity contribution in [3.05, 3.63) is 47.8 Å². The molecule has 0 aromatic heterocycles. The third-order valence-corrected chi connectivity index (χ3v) is 3.71. The van der Waals surface area contributed by atoms with Crippen LogP contribution in [0.5, 0.6) is 5.75 Å². The minimum Gasteiger partial charge on any atom is -0.495 e. The topological polar surface area (TPSA) is 9.23 Å². The van der Waals surface area contributed by atoms with E-state index < -0.39 is 17.6 Å². The standard InChI is InChI=1S/C15H12F4OS/c1-20-14-11(7-9(16)8-13(14)21-2)10-5-3-4-6-12(10)15(17,18)19/h3-8H,1-2H3. The Balaban J connectivity index is 2.76. The number of hydrogen-bond donors (Lipinski definition) is 0. The summed E-state index contributed by atoms with van der Waals surface area (Å²) in [5.74, 6) is -0.368. The molecule has 0 N–H and O–H groups in total. The fraction of sp³-hybridized carbons (Fsp3) is 0.200. The Kier molecular flexibility index (Phi) is 4.46. The molecule has 0 unspecified atom stereocenters. The Morgan fingerprint density at radius 1 is 1.05 bits per heavy atom. The predicted molar refractivity (Wildman–Crippen MR) is 75.2 cm³/mol. The van der Waals surface area contributed by atoms with Crippen molar-refractivity contribution >= 4 is 11.8 Å². The Labute approximate surface area is 123 Å². The molecule has 2 rings (SSSR count). The smallest absolute Gasteiger partial charge is 0.417 e. The number of alkyl halides is 3. The van der Waals surface area contributed by atoms with Gasteiger partial charge in [-0.2, -0.15) is 13.2 Å². The van der Waals surface area contributed by atoms with Crippen LogP contribution in [0.4, 0.5) is 17.6 Å². The molecular weight excluding hydrogens is 304 g/mol. The van der Waals surface area contributed by atoms with Crippen LogP contribution in [-0.2, 0) is 6.18 Å². The largest absolute Gasteiger partial charge is 0.495 e. The summed E-state index contributed by atoms with van der Waals surface area (Å²) in [7, 11) is 1.35. The van der Waals surface area contributed by atoms with Gasteiger partial charge in [-0.15, -0.1) is 11.8 Å². The van der Waals surface area contributed by atoms with Crippen LogP contribution in [0.1, 0.15) is 5.56 Å². The summed E-state index contributed by atoms with van der Waals surface area (Å²) in [6.45, 7) is 0. The van der Waals surface area contributed by atoms with Crippen molar-refractivity contribution in [3.63, 3.8) is 0 Å². The minimum absolute atomic E-state index is 0.0924. The maximum atomic E-state index is 13.7. The van der Waals surface area contributed by atoms with Crippen molar-refractivity contribution in [3.8, 4) is 16.9 Å². The van der Waals surface area contributed by atoms with E-state index in [2.05, 4.69) is 0 Å². The Morgan fingerprint density at radius 2 is 1.71 bits per heavy atom. The van der Waals surface area contributed by atoms with Crippen LogP contribution in [-0.4, -0.2) is 13.4 Å². The van der Waals surface area contributed by atoms with Gasteiger partial charge in [-0.25, -0.2) is 4.39 Å². The first-order valence-corrected chi connectivity index (χ1v) is 7.19. The van der Waals surface area contributed by atoms with E-state index in [9.17, 15) is 17.6 Å². The summed E-state index contributed by atoms with van der Waals surface area (Å²) >= 11 is 1.21. The van der Waals surface area contributed by atoms with Gasteiger partial charge >= 0.3 is 6.18 Å². The molecular formula is C15H12F4OS. The van der Waals surface area contributed by atoms with Crippen molar-refractivity contribution in [1.29, 1.82) is 0 Å². The summed E-state index contributed by atoms with van der Waals surface area (Å²) < 4.78 is 58.2. The molecule has 0 heterocycles. The molecule has 0 spiro atoms. The van der Waals surface area contributed by atoms with E-state index in [-0.39, 0.29) is 16.9 Å². The van der Waals surface area contributed by atoms with Gasteiger partial charge in [0.15, 0.2) is 0 Å². The number of benzene rings is 2. The van der Waals surface area contributed by atoms with E-state index in [1.54, 1.807) is 6.26 Å². The van der Waals surface area contributed by atoms with Crippen LogP contribution >= 0.6 is 11.8 Å². The highest BCUT2D eigenvalue weighted by Gasteiger charge is 2.34. The lowest BCUT2D eigenvalue weighted by Crippen LogP contribution is -2.07. The molecule has 1 nitrogen and oxygen atoms in total. The van der Waals surface area contributed by atoms with Crippen LogP contribution in [0, 0.1) is 5.82 Å². The molecule has 6 heteroatoms. The molecule has 0 fully saturated rings. The van der Waals surface area contributed by atoms with Crippen LogP contribution < -0.4 is 4.74 Å². The third-order valence-electron chi connectivity index (χ3n) is 2.97. The Hall–Kier alpha value is -1.69. The normalized spacial score (nSPS) is 11.5. The highest BCUT2D eigenvalue weighted by molar-refractivity contribution is 7.98. The fourth-order valence-electron chi connectivity index (χ4n) is 2.10. The van der Waals surface area contributed by atoms with E-state index in [0.717, 1.165) is 12.1 Å². The van der Waals surface area contributed by atoms with Gasteiger partial charge in [0.2, 0.25) is 0 Å². The molecule has 0 aliphatic carbocycles. The molecule has 21 heavy (non-hydrogen) atoms. The first-order valence-electron chi connectivity index (χ1n) is 5.96. The molecule has 0 radical (unpaired) electrons. The van der Waals surface area contributed by atoms with Gasteiger partial charge in [0.1, 0.15) is 11.6 Å². The van der Waals surface area contributed by atoms with Crippen molar-refractivity contribution in [2.24, 2.45) is 0 Å². The van der Waals surface area contributed by atoms with E-state index in [4.69, 9.17) is 4.74 Å². The number of rotatable bonds is 3. The average molecular weight is 316 g/mol. The SMILES string of the molecule is COc1c(SC)cc(F)cc1-c1ccccc1C(F)(F)F. The zero-order chi connectivity index (χ0) is 15.6. The first-order chi connectivity index (χ1) is 9.88. The van der Waals surface area contributed by atoms with Crippen LogP contribution in [0.15, 0.2) is 41.3 Å². The van der Waals surface area contributed by atoms with Gasteiger partial charge in [0.05, 0.1) is 17.6 Å². The maximum Gasteiger partial charge on any atom is 0.417 e. The first kappa shape index (κ1) is 15.7. The van der Waals surface area contributed by atoms with E-state index >= 15 is 0 Å². The summed E-state index contributed by atoms with van der Waals surface area (Å²) in [5, 5.41) is 0. The second kappa shape index (κ2) is 5.97. The lowest BCUT2D eigenvalue weighted by molar-refractivity contribution is -0.137. The molecule has 0 saturated heterocycles. The second-order valence-electron chi connectivity index (χ2n) is 4.23. The average Bonchev–Trinajstić information content (AvgIpc) is 2.45. The molecule has 0 aliphatic heterocycles. The number of methoxy groups -OCH3 is 1. The molecule has 0 saturated carbocycles. The number of halogens is 4. The second-order valence-corrected chi connectivity index (χ2v) is 5.08. The molecule has 0 atom stereocenters. The monoisotopic (exact) mass is 316 g/mol. The fourth-order valence-corrected chi connectivity index (χ4v) is 2.71. The highest BCUT2D eigenvalue weighted by atomic mass is 32.2. The zero-order valence-electron chi connectivity index (χ0n) is 11.3. The Morgan fingerprint density at radius 3 is 2.29 bits per heavy atom. The molecule has 2 aromatic carbocycles. The van der Waals surface area contributed by atoms with Crippen molar-refractivity contribution in [2.45, 2.75) is 11.1 Å². The third kappa shape index (κ3) is 3.15. The predicted octanol–water partition coefficient (Wildman–Crippen LogP) is 5.24. The molecule has 0 amide bonds. The lowest BCUT2D eigenvalue weighted by Gasteiger charge is -2.17. The van der Waals surface area contributed by atoms with Crippen molar-refractivity contribution in [2.75, 3.05) is 13.4 Å². The molecule has 2 aromatic rings. The van der Waals surface area contributed by atoms with E-state index in [1.807, 2.05) is 0 Å². The van der Waals surface area contributed by atoms with E-state index in [0.29, 0.717) is 4.90 Å². The van der Waals surface area contributed by atoms with E-state index in [1.165, 1.54) is 43.1 Å². The number of ether oxygens (including phenoxy) is 1. The highest BCUT2D eigenvalue weighted by Crippen LogP contribution is 2.43. The number of hydrogen-bond acceptors (Lipinski definition) is 2. The summed E-state index contributed by atoms with van der Waals surface area (Å²) in [5.41, 5.74) is -0.827. The number of thioether (sulfide) groups is 1. The van der Waals surface area contributed by atoms with Gasteiger partial charge in [-0.05, 0) is 30.0 Å². The maximum absolute atomic E-state index is 13.7. The molecule has 112 valence electrons. The summed E-state index contributed by atoms with van der Waals surface area (Å²) in [6, 6.07) is 7.36. The van der Waals surface area contributed by atoms with Gasteiger partial charge in [-0.3, -0.25) is 0 Å². The summed E-state index contributed by atoms with van der Waals surface area (Å²) in [6.07, 6.45) is -2.82. The van der Waals surface area contributed by atoms with Crippen molar-refractivity contribution < 1.29 is 22.3 Å². The van der Waals surface area contributed by atoms with Gasteiger partial charge in [0.25, 0.3) is 0 Å². The Bertz CT molecular complexity index is 653. The molecule has 0 aliphatic rings. The van der Waals surface area contributed by atoms with Crippen LogP contribution in [0.3, 0.4) is 0 Å².